The molecule has 1 N–H and O–H groups in total. The quantitative estimate of drug-likeness (QED) is 0.389. The number of nitrogens with one attached hydrogen (secondary N) is 1. The lowest BCUT2D eigenvalue weighted by molar-refractivity contribution is -0.0114. The van der Waals surface area contributed by atoms with Gasteiger partial charge in [-0.3, -0.25) is 0 Å². The molecule has 0 radical (unpaired) electrons. The highest BCUT2D eigenvalue weighted by atomic mass is 19.1. The fourth-order valence-corrected chi connectivity index (χ4v) is 1.21. The third-order valence-corrected chi connectivity index (χ3v) is 2.21. The Balaban J connectivity index is 2.89. The van der Waals surface area contributed by atoms with Gasteiger partial charge in [-0.25, -0.2) is 4.39 Å². The van der Waals surface area contributed by atoms with Crippen molar-refractivity contribution in [3.05, 3.63) is 0 Å². The zero-order valence-electron chi connectivity index (χ0n) is 12.4. The number of likely N-dealkylation sites (N-methyl/N-ethyl adjacent to an activating group) is 1. The molecule has 0 aliphatic carbocycles. The summed E-state index contributed by atoms with van der Waals surface area (Å²) in [6.07, 6.45) is 0. The lowest BCUT2D eigenvalue weighted by Crippen LogP contribution is -2.17. The van der Waals surface area contributed by atoms with Crippen molar-refractivity contribution >= 4 is 0 Å². The van der Waals surface area contributed by atoms with E-state index in [-0.39, 0.29) is 6.61 Å². The van der Waals surface area contributed by atoms with E-state index in [2.05, 4.69) is 5.32 Å². The Labute approximate surface area is 120 Å². The number of rotatable bonds is 17. The summed E-state index contributed by atoms with van der Waals surface area (Å²) in [5.74, 6) is 0. The Morgan fingerprint density at radius 1 is 0.600 bits per heavy atom. The molecule has 0 saturated carbocycles. The van der Waals surface area contributed by atoms with Gasteiger partial charge in [0.05, 0.1) is 66.1 Å². The molecule has 0 atom stereocenters. The van der Waals surface area contributed by atoms with Crippen LogP contribution in [0.15, 0.2) is 0 Å². The van der Waals surface area contributed by atoms with Crippen LogP contribution in [0.25, 0.3) is 0 Å². The van der Waals surface area contributed by atoms with Crippen LogP contribution in [0.5, 0.6) is 0 Å². The highest BCUT2D eigenvalue weighted by Crippen LogP contribution is 1.83. The standard InChI is InChI=1S/C13H28FNO5/c1-15-3-5-17-7-9-19-11-13-20-12-10-18-8-6-16-4-2-14/h15H,2-13H2,1H3. The Bertz CT molecular complexity index is 159. The minimum absolute atomic E-state index is 0.135. The van der Waals surface area contributed by atoms with Crippen LogP contribution in [0.1, 0.15) is 0 Å². The fraction of sp³-hybridized carbons (Fsp3) is 1.00. The van der Waals surface area contributed by atoms with Gasteiger partial charge in [-0.1, -0.05) is 0 Å². The van der Waals surface area contributed by atoms with Gasteiger partial charge >= 0.3 is 0 Å². The van der Waals surface area contributed by atoms with Crippen molar-refractivity contribution in [2.45, 2.75) is 0 Å². The summed E-state index contributed by atoms with van der Waals surface area (Å²) in [6, 6.07) is 0. The molecule has 0 aliphatic rings. The van der Waals surface area contributed by atoms with E-state index >= 15 is 0 Å². The summed E-state index contributed by atoms with van der Waals surface area (Å²) >= 11 is 0. The molecule has 0 aliphatic heterocycles. The van der Waals surface area contributed by atoms with E-state index in [4.69, 9.17) is 23.7 Å². The first-order chi connectivity index (χ1) is 9.91. The third kappa shape index (κ3) is 17.7. The molecule has 0 rings (SSSR count). The maximum atomic E-state index is 11.7. The van der Waals surface area contributed by atoms with Gasteiger partial charge in [-0.15, -0.1) is 0 Å². The third-order valence-electron chi connectivity index (χ3n) is 2.21. The van der Waals surface area contributed by atoms with Gasteiger partial charge in [0.2, 0.25) is 0 Å². The van der Waals surface area contributed by atoms with Gasteiger partial charge in [0, 0.05) is 6.54 Å². The molecular weight excluding hydrogens is 269 g/mol. The minimum Gasteiger partial charge on any atom is -0.378 e. The zero-order chi connectivity index (χ0) is 14.7. The Morgan fingerprint density at radius 2 is 0.950 bits per heavy atom. The number of hydrogen-bond acceptors (Lipinski definition) is 6. The molecule has 0 aromatic heterocycles. The average molecular weight is 297 g/mol. The van der Waals surface area contributed by atoms with Gasteiger partial charge in [0.25, 0.3) is 0 Å². The van der Waals surface area contributed by atoms with Crippen LogP contribution in [0.4, 0.5) is 4.39 Å². The summed E-state index contributed by atoms with van der Waals surface area (Å²) in [6.45, 7) is 5.40. The molecule has 0 spiro atoms. The summed E-state index contributed by atoms with van der Waals surface area (Å²) in [5, 5.41) is 3.00. The number of hydrogen-bond donors (Lipinski definition) is 1. The van der Waals surface area contributed by atoms with E-state index in [1.54, 1.807) is 0 Å². The van der Waals surface area contributed by atoms with E-state index in [1.165, 1.54) is 0 Å². The maximum Gasteiger partial charge on any atom is 0.113 e. The van der Waals surface area contributed by atoms with Crippen LogP contribution in [0.2, 0.25) is 0 Å². The number of ether oxygens (including phenoxy) is 5. The smallest absolute Gasteiger partial charge is 0.113 e. The fourth-order valence-electron chi connectivity index (χ4n) is 1.21. The Kier molecular flexibility index (Phi) is 18.4. The predicted octanol–water partition coefficient (Wildman–Crippen LogP) is 0.258. The van der Waals surface area contributed by atoms with E-state index in [0.717, 1.165) is 6.54 Å². The average Bonchev–Trinajstić information content (AvgIpc) is 2.47. The second-order valence-corrected chi connectivity index (χ2v) is 3.85. The van der Waals surface area contributed by atoms with Gasteiger partial charge in [-0.2, -0.15) is 0 Å². The van der Waals surface area contributed by atoms with Crippen molar-refractivity contribution in [1.82, 2.24) is 5.32 Å². The van der Waals surface area contributed by atoms with Gasteiger partial charge in [-0.05, 0) is 7.05 Å². The first kappa shape index (κ1) is 19.7. The second kappa shape index (κ2) is 18.7. The van der Waals surface area contributed by atoms with E-state index < -0.39 is 6.67 Å². The van der Waals surface area contributed by atoms with Crippen molar-refractivity contribution in [3.8, 4) is 0 Å². The molecule has 7 heteroatoms. The van der Waals surface area contributed by atoms with Crippen molar-refractivity contribution < 1.29 is 28.1 Å². The first-order valence-electron chi connectivity index (χ1n) is 7.01. The topological polar surface area (TPSA) is 58.2 Å². The molecule has 122 valence electrons. The van der Waals surface area contributed by atoms with E-state index in [9.17, 15) is 4.39 Å². The van der Waals surface area contributed by atoms with Crippen LogP contribution in [-0.4, -0.2) is 86.3 Å². The summed E-state index contributed by atoms with van der Waals surface area (Å²) < 4.78 is 37.7. The molecular formula is C13H28FNO5. The van der Waals surface area contributed by atoms with Gasteiger partial charge in [0.15, 0.2) is 0 Å². The zero-order valence-corrected chi connectivity index (χ0v) is 12.4. The molecule has 0 aromatic carbocycles. The first-order valence-corrected chi connectivity index (χ1v) is 7.01. The highest BCUT2D eigenvalue weighted by molar-refractivity contribution is 4.37. The van der Waals surface area contributed by atoms with Crippen LogP contribution in [-0.2, 0) is 23.7 Å². The van der Waals surface area contributed by atoms with Gasteiger partial charge in [0.1, 0.15) is 6.67 Å². The summed E-state index contributed by atoms with van der Waals surface area (Å²) in [5.41, 5.74) is 0. The maximum absolute atomic E-state index is 11.7. The normalized spacial score (nSPS) is 11.1. The lowest BCUT2D eigenvalue weighted by Gasteiger charge is -2.07. The number of halogens is 1. The SMILES string of the molecule is CNCCOCCOCCOCCOCCOCCF. The molecule has 0 fully saturated rings. The molecule has 0 bridgehead atoms. The van der Waals surface area contributed by atoms with Crippen molar-refractivity contribution in [1.29, 1.82) is 0 Å². The Hall–Kier alpha value is -0.310. The molecule has 20 heavy (non-hydrogen) atoms. The summed E-state index contributed by atoms with van der Waals surface area (Å²) in [7, 11) is 1.89. The van der Waals surface area contributed by atoms with Crippen LogP contribution in [0.3, 0.4) is 0 Å². The van der Waals surface area contributed by atoms with E-state index in [1.807, 2.05) is 7.05 Å². The Morgan fingerprint density at radius 3 is 1.30 bits per heavy atom. The summed E-state index contributed by atoms with van der Waals surface area (Å²) in [4.78, 5) is 0. The van der Waals surface area contributed by atoms with Crippen molar-refractivity contribution in [3.63, 3.8) is 0 Å². The molecule has 0 saturated heterocycles. The predicted molar refractivity (Wildman–Crippen MR) is 74.0 cm³/mol. The van der Waals surface area contributed by atoms with Crippen LogP contribution >= 0.6 is 0 Å². The molecule has 0 amide bonds. The molecule has 6 nitrogen and oxygen atoms in total. The van der Waals surface area contributed by atoms with Crippen molar-refractivity contribution in [2.24, 2.45) is 0 Å². The molecule has 0 aromatic rings. The highest BCUT2D eigenvalue weighted by Gasteiger charge is 1.93. The second-order valence-electron chi connectivity index (χ2n) is 3.85. The monoisotopic (exact) mass is 297 g/mol. The van der Waals surface area contributed by atoms with Crippen molar-refractivity contribution in [2.75, 3.05) is 86.3 Å². The van der Waals surface area contributed by atoms with Crippen LogP contribution in [0, 0.1) is 0 Å². The lowest BCUT2D eigenvalue weighted by atomic mass is 10.6. The molecule has 0 heterocycles. The largest absolute Gasteiger partial charge is 0.378 e. The van der Waals surface area contributed by atoms with Gasteiger partial charge < -0.3 is 29.0 Å². The minimum atomic E-state index is -0.455. The number of alkyl halides is 1. The van der Waals surface area contributed by atoms with Crippen LogP contribution < -0.4 is 5.32 Å². The molecule has 0 unspecified atom stereocenters. The van der Waals surface area contributed by atoms with E-state index in [0.29, 0.717) is 59.5 Å².